The third-order valence-corrected chi connectivity index (χ3v) is 3.54. The van der Waals surface area contributed by atoms with E-state index >= 15 is 0 Å². The number of benzene rings is 2. The first-order valence-electron chi connectivity index (χ1n) is 6.52. The highest BCUT2D eigenvalue weighted by Gasteiger charge is 2.27. The molecule has 0 heterocycles. The minimum absolute atomic E-state index is 0.0518. The number of hydrogen-bond donors (Lipinski definition) is 0. The van der Waals surface area contributed by atoms with E-state index in [9.17, 15) is 10.5 Å². The van der Waals surface area contributed by atoms with E-state index < -0.39 is 0 Å². The van der Waals surface area contributed by atoms with E-state index in [-0.39, 0.29) is 5.57 Å². The summed E-state index contributed by atoms with van der Waals surface area (Å²) in [5.41, 5.74) is 4.19. The highest BCUT2D eigenvalue weighted by atomic mass is 14.7. The van der Waals surface area contributed by atoms with Gasteiger partial charge in [0.1, 0.15) is 17.7 Å². The van der Waals surface area contributed by atoms with Gasteiger partial charge < -0.3 is 0 Å². The summed E-state index contributed by atoms with van der Waals surface area (Å²) in [5, 5.41) is 27.6. The Morgan fingerprint density at radius 2 is 1.18 bits per heavy atom. The largest absolute Gasteiger partial charge is 0.206 e. The zero-order chi connectivity index (χ0) is 15.5. The summed E-state index contributed by atoms with van der Waals surface area (Å²) in [7, 11) is 0. The number of nitriles is 3. The molecule has 0 bridgehead atoms. The Hall–Kier alpha value is -3.68. The van der Waals surface area contributed by atoms with Crippen LogP contribution in [0.5, 0.6) is 0 Å². The predicted molar refractivity (Wildman–Crippen MR) is 81.4 cm³/mol. The van der Waals surface area contributed by atoms with Gasteiger partial charge in [-0.05, 0) is 11.1 Å². The minimum atomic E-state index is 0.0518. The quantitative estimate of drug-likeness (QED) is 0.468. The third kappa shape index (κ3) is 1.86. The molecule has 0 saturated carbocycles. The van der Waals surface area contributed by atoms with Gasteiger partial charge in [-0.2, -0.15) is 20.8 Å². The van der Waals surface area contributed by atoms with E-state index in [0.717, 1.165) is 22.3 Å². The van der Waals surface area contributed by atoms with Crippen molar-refractivity contribution in [3.05, 3.63) is 76.4 Å². The average molecular weight is 280 g/mol. The highest BCUT2D eigenvalue weighted by molar-refractivity contribution is 6.22. The summed E-state index contributed by atoms with van der Waals surface area (Å²) in [6, 6.07) is 18.6. The van der Waals surface area contributed by atoms with Gasteiger partial charge in [0.05, 0.1) is 5.71 Å². The van der Waals surface area contributed by atoms with Crippen molar-refractivity contribution in [3.63, 3.8) is 0 Å². The van der Waals surface area contributed by atoms with E-state index in [4.69, 9.17) is 5.26 Å². The molecule has 0 saturated heterocycles. The van der Waals surface area contributed by atoms with Crippen LogP contribution in [0, 0.1) is 34.1 Å². The molecular formula is C18H8N4. The van der Waals surface area contributed by atoms with Crippen molar-refractivity contribution >= 4 is 11.3 Å². The molecule has 0 atom stereocenters. The first-order valence-corrected chi connectivity index (χ1v) is 6.52. The van der Waals surface area contributed by atoms with Crippen LogP contribution < -0.4 is 0 Å². The molecule has 0 fully saturated rings. The number of rotatable bonds is 0. The molecule has 0 aromatic heterocycles. The molecule has 0 amide bonds. The molecule has 4 nitrogen and oxygen atoms in total. The average Bonchev–Trinajstić information content (AvgIpc) is 2.58. The normalized spacial score (nSPS) is 11.3. The molecule has 0 aliphatic heterocycles. The van der Waals surface area contributed by atoms with Crippen LogP contribution in [0.1, 0.15) is 22.3 Å². The molecule has 0 unspecified atom stereocenters. The van der Waals surface area contributed by atoms with Crippen LogP contribution in [0.3, 0.4) is 0 Å². The first kappa shape index (κ1) is 13.3. The summed E-state index contributed by atoms with van der Waals surface area (Å²) in [6.07, 6.45) is 1.83. The smallest absolute Gasteiger partial charge is 0.192 e. The van der Waals surface area contributed by atoms with Gasteiger partial charge in [0.15, 0.2) is 0 Å². The molecule has 3 rings (SSSR count). The van der Waals surface area contributed by atoms with Crippen LogP contribution in [0.4, 0.5) is 0 Å². The molecular weight excluding hydrogens is 272 g/mol. The van der Waals surface area contributed by atoms with Gasteiger partial charge in [-0.3, -0.25) is 0 Å². The van der Waals surface area contributed by atoms with Crippen molar-refractivity contribution in [2.75, 3.05) is 0 Å². The van der Waals surface area contributed by atoms with Gasteiger partial charge in [-0.25, -0.2) is 0 Å². The Balaban J connectivity index is 2.50. The lowest BCUT2D eigenvalue weighted by Crippen LogP contribution is -2.16. The van der Waals surface area contributed by atoms with Crippen molar-refractivity contribution in [2.24, 2.45) is 4.99 Å². The Kier molecular flexibility index (Phi) is 3.25. The van der Waals surface area contributed by atoms with Crippen LogP contribution in [-0.4, -0.2) is 5.71 Å². The summed E-state index contributed by atoms with van der Waals surface area (Å²) in [4.78, 5) is 3.95. The zero-order valence-corrected chi connectivity index (χ0v) is 11.4. The van der Waals surface area contributed by atoms with Crippen molar-refractivity contribution < 1.29 is 0 Å². The summed E-state index contributed by atoms with van der Waals surface area (Å²) in [5.74, 6) is 0. The van der Waals surface area contributed by atoms with Gasteiger partial charge in [-0.1, -0.05) is 48.5 Å². The first-order chi connectivity index (χ1) is 10.8. The van der Waals surface area contributed by atoms with Gasteiger partial charge >= 0.3 is 0 Å². The molecule has 0 N–H and O–H groups in total. The third-order valence-electron chi connectivity index (χ3n) is 3.54. The molecule has 2 aromatic rings. The number of aliphatic imine (C=N–C) groups is 1. The maximum atomic E-state index is 9.29. The van der Waals surface area contributed by atoms with Crippen LogP contribution in [0.25, 0.3) is 5.57 Å². The van der Waals surface area contributed by atoms with Crippen molar-refractivity contribution in [1.29, 1.82) is 15.8 Å². The maximum absolute atomic E-state index is 9.29. The topological polar surface area (TPSA) is 83.7 Å². The summed E-state index contributed by atoms with van der Waals surface area (Å²) in [6.45, 7) is 0. The van der Waals surface area contributed by atoms with E-state index in [0.29, 0.717) is 11.3 Å². The molecule has 0 spiro atoms. The number of hydrogen-bond acceptors (Lipinski definition) is 4. The van der Waals surface area contributed by atoms with Crippen molar-refractivity contribution in [1.82, 2.24) is 0 Å². The minimum Gasteiger partial charge on any atom is -0.192 e. The monoisotopic (exact) mass is 280 g/mol. The van der Waals surface area contributed by atoms with Gasteiger partial charge in [0.2, 0.25) is 6.19 Å². The second-order valence-electron chi connectivity index (χ2n) is 4.63. The van der Waals surface area contributed by atoms with Crippen LogP contribution >= 0.6 is 0 Å². The lowest BCUT2D eigenvalue weighted by Gasteiger charge is -2.23. The fourth-order valence-corrected chi connectivity index (χ4v) is 2.68. The second kappa shape index (κ2) is 5.37. The molecule has 4 heteroatoms. The fraction of sp³-hybridized carbons (Fsp3) is 0. The summed E-state index contributed by atoms with van der Waals surface area (Å²) < 4.78 is 0. The lowest BCUT2D eigenvalue weighted by molar-refractivity contribution is 1.38. The molecule has 0 radical (unpaired) electrons. The predicted octanol–water partition coefficient (Wildman–Crippen LogP) is 3.17. The van der Waals surface area contributed by atoms with Gasteiger partial charge in [0.25, 0.3) is 0 Å². The Labute approximate surface area is 127 Å². The SMILES string of the molecule is N#CN=C1c2ccccc2C(=C(C#N)C#N)c2ccccc21. The Morgan fingerprint density at radius 3 is 1.59 bits per heavy atom. The van der Waals surface area contributed by atoms with E-state index in [1.54, 1.807) is 0 Å². The van der Waals surface area contributed by atoms with E-state index in [1.807, 2.05) is 66.9 Å². The van der Waals surface area contributed by atoms with Crippen LogP contribution in [0.2, 0.25) is 0 Å². The van der Waals surface area contributed by atoms with Crippen LogP contribution in [0.15, 0.2) is 59.1 Å². The molecule has 100 valence electrons. The Morgan fingerprint density at radius 1 is 0.727 bits per heavy atom. The molecule has 22 heavy (non-hydrogen) atoms. The van der Waals surface area contributed by atoms with Crippen molar-refractivity contribution in [3.8, 4) is 18.3 Å². The van der Waals surface area contributed by atoms with E-state index in [1.165, 1.54) is 0 Å². The molecule has 1 aliphatic carbocycles. The lowest BCUT2D eigenvalue weighted by atomic mass is 9.79. The van der Waals surface area contributed by atoms with Crippen molar-refractivity contribution in [2.45, 2.75) is 0 Å². The standard InChI is InChI=1S/C18H8N4/c19-9-12(10-20)17-13-5-1-3-7-15(13)18(22-11-21)16-8-4-2-6-14(16)17/h1-8H. The van der Waals surface area contributed by atoms with Gasteiger partial charge in [0, 0.05) is 16.7 Å². The van der Waals surface area contributed by atoms with Gasteiger partial charge in [-0.15, -0.1) is 0 Å². The number of nitrogens with zero attached hydrogens (tertiary/aromatic N) is 4. The summed E-state index contributed by atoms with van der Waals surface area (Å²) >= 11 is 0. The Bertz CT molecular complexity index is 892. The highest BCUT2D eigenvalue weighted by Crippen LogP contribution is 2.37. The maximum Gasteiger partial charge on any atom is 0.206 e. The fourth-order valence-electron chi connectivity index (χ4n) is 2.68. The van der Waals surface area contributed by atoms with E-state index in [2.05, 4.69) is 4.99 Å². The number of allylic oxidation sites excluding steroid dienone is 1. The second-order valence-corrected chi connectivity index (χ2v) is 4.63. The van der Waals surface area contributed by atoms with Crippen LogP contribution in [-0.2, 0) is 0 Å². The number of fused-ring (bicyclic) bond motifs is 2. The zero-order valence-electron chi connectivity index (χ0n) is 11.4. The molecule has 2 aromatic carbocycles. The molecule has 1 aliphatic rings.